The molecule has 1 amide bonds. The van der Waals surface area contributed by atoms with Gasteiger partial charge in [-0.15, -0.1) is 0 Å². The number of rotatable bonds is 7. The first-order valence-corrected chi connectivity index (χ1v) is 10.1. The van der Waals surface area contributed by atoms with Crippen molar-refractivity contribution in [2.45, 2.75) is 50.2 Å². The van der Waals surface area contributed by atoms with Crippen molar-refractivity contribution in [1.82, 2.24) is 0 Å². The fraction of sp³-hybridized carbons (Fsp3) is 0.588. The third-order valence-corrected chi connectivity index (χ3v) is 5.87. The molecule has 2 N–H and O–H groups in total. The lowest BCUT2D eigenvalue weighted by atomic mass is 10.1. The van der Waals surface area contributed by atoms with Crippen LogP contribution in [-0.2, 0) is 24.1 Å². The number of hydrogen-bond acceptors (Lipinski definition) is 6. The number of amides is 1. The summed E-state index contributed by atoms with van der Waals surface area (Å²) in [5.74, 6) is -0.727. The second-order valence-electron chi connectivity index (χ2n) is 6.04. The van der Waals surface area contributed by atoms with Crippen LogP contribution in [0.2, 0.25) is 0 Å². The topological polar surface area (TPSA) is 102 Å². The molecule has 1 heterocycles. The van der Waals surface area contributed by atoms with E-state index in [0.717, 1.165) is 19.3 Å². The van der Waals surface area contributed by atoms with Gasteiger partial charge in [0.1, 0.15) is 11.9 Å². The van der Waals surface area contributed by atoms with Crippen molar-refractivity contribution in [3.05, 3.63) is 18.2 Å². The highest BCUT2D eigenvalue weighted by atomic mass is 32.2. The number of ether oxygens (including phenoxy) is 2. The van der Waals surface area contributed by atoms with E-state index in [2.05, 4.69) is 5.32 Å². The highest BCUT2D eigenvalue weighted by Crippen LogP contribution is 2.27. The zero-order valence-electron chi connectivity index (χ0n) is 14.5. The Labute approximate surface area is 148 Å². The van der Waals surface area contributed by atoms with Crippen LogP contribution in [-0.4, -0.2) is 50.6 Å². The highest BCUT2D eigenvalue weighted by molar-refractivity contribution is 7.91. The number of sulfone groups is 1. The number of anilines is 1. The van der Waals surface area contributed by atoms with Crippen molar-refractivity contribution < 1.29 is 27.8 Å². The number of benzene rings is 1. The molecule has 0 bridgehead atoms. The maximum Gasteiger partial charge on any atom is 0.253 e. The molecule has 1 aliphatic heterocycles. The van der Waals surface area contributed by atoms with Gasteiger partial charge < -0.3 is 19.9 Å². The Morgan fingerprint density at radius 1 is 1.44 bits per heavy atom. The number of carbonyl (C=O) groups excluding carboxylic acids is 1. The number of phenols is 1. The minimum Gasteiger partial charge on any atom is -0.506 e. The molecule has 1 saturated heterocycles. The van der Waals surface area contributed by atoms with Crippen molar-refractivity contribution in [2.24, 2.45) is 0 Å². The fourth-order valence-electron chi connectivity index (χ4n) is 2.48. The van der Waals surface area contributed by atoms with Gasteiger partial charge in [-0.3, -0.25) is 4.79 Å². The van der Waals surface area contributed by atoms with Crippen LogP contribution in [0.1, 0.15) is 33.1 Å². The Bertz CT molecular complexity index is 697. The SMILES string of the molecule is CCS(=O)(=O)c1ccc(O)c(NC(=O)C(C)OCC2CCCCO2)c1. The molecular weight excluding hydrogens is 346 g/mol. The number of aromatic hydroxyl groups is 1. The molecule has 25 heavy (non-hydrogen) atoms. The fourth-order valence-corrected chi connectivity index (χ4v) is 3.38. The van der Waals surface area contributed by atoms with Crippen LogP contribution in [0.15, 0.2) is 23.1 Å². The van der Waals surface area contributed by atoms with Gasteiger partial charge in [-0.05, 0) is 44.4 Å². The van der Waals surface area contributed by atoms with Crippen LogP contribution in [0.25, 0.3) is 0 Å². The van der Waals surface area contributed by atoms with Gasteiger partial charge in [0.05, 0.1) is 29.0 Å². The zero-order valence-corrected chi connectivity index (χ0v) is 15.3. The molecule has 1 fully saturated rings. The normalized spacial score (nSPS) is 19.4. The molecule has 8 heteroatoms. The van der Waals surface area contributed by atoms with Crippen LogP contribution >= 0.6 is 0 Å². The summed E-state index contributed by atoms with van der Waals surface area (Å²) in [4.78, 5) is 12.3. The largest absolute Gasteiger partial charge is 0.506 e. The Hall–Kier alpha value is -1.64. The summed E-state index contributed by atoms with van der Waals surface area (Å²) in [5, 5.41) is 12.4. The van der Waals surface area contributed by atoms with E-state index in [1.165, 1.54) is 25.1 Å². The second kappa shape index (κ2) is 8.64. The van der Waals surface area contributed by atoms with E-state index in [1.807, 2.05) is 0 Å². The van der Waals surface area contributed by atoms with E-state index in [0.29, 0.717) is 13.2 Å². The van der Waals surface area contributed by atoms with Gasteiger partial charge in [-0.2, -0.15) is 0 Å². The predicted octanol–water partition coefficient (Wildman–Crippen LogP) is 2.10. The summed E-state index contributed by atoms with van der Waals surface area (Å²) >= 11 is 0. The molecule has 0 radical (unpaired) electrons. The van der Waals surface area contributed by atoms with Crippen molar-refractivity contribution >= 4 is 21.4 Å². The van der Waals surface area contributed by atoms with Gasteiger partial charge in [-0.25, -0.2) is 8.42 Å². The van der Waals surface area contributed by atoms with Gasteiger partial charge >= 0.3 is 0 Å². The summed E-state index contributed by atoms with van der Waals surface area (Å²) < 4.78 is 34.9. The summed E-state index contributed by atoms with van der Waals surface area (Å²) in [6.07, 6.45) is 2.28. The molecule has 7 nitrogen and oxygen atoms in total. The summed E-state index contributed by atoms with van der Waals surface area (Å²) in [6.45, 7) is 4.16. The molecule has 1 aliphatic rings. The average molecular weight is 371 g/mol. The predicted molar refractivity (Wildman–Crippen MR) is 93.5 cm³/mol. The smallest absolute Gasteiger partial charge is 0.253 e. The van der Waals surface area contributed by atoms with Gasteiger partial charge in [0.2, 0.25) is 0 Å². The molecule has 2 rings (SSSR count). The third kappa shape index (κ3) is 5.42. The average Bonchev–Trinajstić information content (AvgIpc) is 2.62. The van der Waals surface area contributed by atoms with Crippen LogP contribution in [0.4, 0.5) is 5.69 Å². The lowest BCUT2D eigenvalue weighted by molar-refractivity contribution is -0.130. The minimum absolute atomic E-state index is 0.00423. The Balaban J connectivity index is 1.98. The summed E-state index contributed by atoms with van der Waals surface area (Å²) in [6, 6.07) is 3.81. The molecular formula is C17H25NO6S. The first kappa shape index (κ1) is 19.7. The van der Waals surface area contributed by atoms with Gasteiger partial charge in [0.15, 0.2) is 9.84 Å². The van der Waals surface area contributed by atoms with Crippen molar-refractivity contribution in [1.29, 1.82) is 0 Å². The summed E-state index contributed by atoms with van der Waals surface area (Å²) in [5.41, 5.74) is 0.0453. The highest BCUT2D eigenvalue weighted by Gasteiger charge is 2.21. The lowest BCUT2D eigenvalue weighted by Crippen LogP contribution is -2.32. The van der Waals surface area contributed by atoms with E-state index < -0.39 is 21.8 Å². The zero-order chi connectivity index (χ0) is 18.4. The van der Waals surface area contributed by atoms with E-state index in [4.69, 9.17) is 9.47 Å². The molecule has 140 valence electrons. The first-order chi connectivity index (χ1) is 11.8. The number of phenolic OH excluding ortho intramolecular Hbond substituents is 1. The lowest BCUT2D eigenvalue weighted by Gasteiger charge is -2.24. The maximum absolute atomic E-state index is 12.2. The minimum atomic E-state index is -3.43. The molecule has 2 atom stereocenters. The van der Waals surface area contributed by atoms with Gasteiger partial charge in [-0.1, -0.05) is 6.92 Å². The van der Waals surface area contributed by atoms with Crippen LogP contribution in [0, 0.1) is 0 Å². The molecule has 1 aromatic carbocycles. The van der Waals surface area contributed by atoms with Crippen molar-refractivity contribution in [3.63, 3.8) is 0 Å². The monoisotopic (exact) mass is 371 g/mol. The quantitative estimate of drug-likeness (QED) is 0.712. The first-order valence-electron chi connectivity index (χ1n) is 8.43. The molecule has 1 aromatic rings. The van der Waals surface area contributed by atoms with E-state index in [9.17, 15) is 18.3 Å². The molecule has 0 aromatic heterocycles. The molecule has 2 unspecified atom stereocenters. The second-order valence-corrected chi connectivity index (χ2v) is 8.31. The van der Waals surface area contributed by atoms with E-state index in [1.54, 1.807) is 6.92 Å². The molecule has 0 spiro atoms. The Morgan fingerprint density at radius 2 is 2.20 bits per heavy atom. The van der Waals surface area contributed by atoms with Gasteiger partial charge in [0, 0.05) is 6.61 Å². The number of hydrogen-bond donors (Lipinski definition) is 2. The standard InChI is InChI=1S/C17H25NO6S/c1-3-25(21,22)14-7-8-16(19)15(10-14)18-17(20)12(2)24-11-13-6-4-5-9-23-13/h7-8,10,12-13,19H,3-6,9,11H2,1-2H3,(H,18,20). The van der Waals surface area contributed by atoms with E-state index in [-0.39, 0.29) is 28.2 Å². The van der Waals surface area contributed by atoms with Crippen LogP contribution < -0.4 is 5.32 Å². The van der Waals surface area contributed by atoms with Gasteiger partial charge in [0.25, 0.3) is 5.91 Å². The number of carbonyl (C=O) groups is 1. The maximum atomic E-state index is 12.2. The van der Waals surface area contributed by atoms with Crippen molar-refractivity contribution in [3.8, 4) is 5.75 Å². The van der Waals surface area contributed by atoms with Crippen molar-refractivity contribution in [2.75, 3.05) is 24.3 Å². The third-order valence-electron chi connectivity index (χ3n) is 4.14. The molecule has 0 aliphatic carbocycles. The Morgan fingerprint density at radius 3 is 2.84 bits per heavy atom. The van der Waals surface area contributed by atoms with Crippen LogP contribution in [0.5, 0.6) is 5.75 Å². The van der Waals surface area contributed by atoms with E-state index >= 15 is 0 Å². The Kier molecular flexibility index (Phi) is 6.80. The van der Waals surface area contributed by atoms with Crippen LogP contribution in [0.3, 0.4) is 0 Å². The number of nitrogens with one attached hydrogen (secondary N) is 1. The molecule has 0 saturated carbocycles. The summed E-state index contributed by atoms with van der Waals surface area (Å²) in [7, 11) is -3.43.